The van der Waals surface area contributed by atoms with Gasteiger partial charge < -0.3 is 5.32 Å². The van der Waals surface area contributed by atoms with Crippen LogP contribution < -0.4 is 5.32 Å². The monoisotopic (exact) mass is 425 g/mol. The number of rotatable bonds is 4. The summed E-state index contributed by atoms with van der Waals surface area (Å²) in [4.78, 5) is 20.1. The van der Waals surface area contributed by atoms with Crippen molar-refractivity contribution in [3.63, 3.8) is 0 Å². The summed E-state index contributed by atoms with van der Waals surface area (Å²) >= 11 is 0. The number of hydrogen-bond donors (Lipinski definition) is 1. The van der Waals surface area contributed by atoms with E-state index in [-0.39, 0.29) is 11.3 Å². The van der Waals surface area contributed by atoms with Crippen molar-refractivity contribution in [2.45, 2.75) is 18.4 Å². The fourth-order valence-electron chi connectivity index (χ4n) is 2.76. The van der Waals surface area contributed by atoms with Crippen molar-refractivity contribution in [2.75, 3.05) is 0 Å². The van der Waals surface area contributed by atoms with Crippen LogP contribution in [0.3, 0.4) is 0 Å². The van der Waals surface area contributed by atoms with Crippen LogP contribution in [0.5, 0.6) is 0 Å². The minimum Gasteiger partial charge on any atom is -0.338 e. The highest BCUT2D eigenvalue weighted by molar-refractivity contribution is 5.92. The highest BCUT2D eigenvalue weighted by atomic mass is 19.4. The molecule has 30 heavy (non-hydrogen) atoms. The van der Waals surface area contributed by atoms with Gasteiger partial charge in [0.25, 0.3) is 5.91 Å². The first-order valence-electron chi connectivity index (χ1n) is 8.48. The Morgan fingerprint density at radius 2 is 1.47 bits per heavy atom. The molecule has 2 aromatic heterocycles. The fraction of sp³-hybridized carbons (Fsp3) is 0.150. The van der Waals surface area contributed by atoms with Gasteiger partial charge in [0.1, 0.15) is 5.69 Å². The lowest BCUT2D eigenvalue weighted by Gasteiger charge is -2.22. The van der Waals surface area contributed by atoms with Gasteiger partial charge in [-0.1, -0.05) is 18.2 Å². The molecule has 1 atom stereocenters. The van der Waals surface area contributed by atoms with Gasteiger partial charge in [-0.05, 0) is 42.0 Å². The highest BCUT2D eigenvalue weighted by Crippen LogP contribution is 2.36. The Balaban J connectivity index is 2.07. The second-order valence-corrected chi connectivity index (χ2v) is 6.18. The fourth-order valence-corrected chi connectivity index (χ4v) is 2.76. The lowest BCUT2D eigenvalue weighted by Crippen LogP contribution is -2.32. The predicted molar refractivity (Wildman–Crippen MR) is 94.2 cm³/mol. The summed E-state index contributed by atoms with van der Waals surface area (Å²) in [6.07, 6.45) is -6.98. The topological polar surface area (TPSA) is 54.9 Å². The molecule has 3 rings (SSSR count). The number of carbonyl (C=O) groups excluding carboxylic acids is 1. The molecule has 0 saturated carbocycles. The molecule has 3 aromatic rings. The highest BCUT2D eigenvalue weighted by Gasteiger charge is 2.37. The summed E-state index contributed by atoms with van der Waals surface area (Å²) in [5.41, 5.74) is -2.71. The van der Waals surface area contributed by atoms with E-state index in [2.05, 4.69) is 15.3 Å². The third-order valence-corrected chi connectivity index (χ3v) is 4.16. The normalized spacial score (nSPS) is 13.0. The van der Waals surface area contributed by atoms with Crippen LogP contribution in [0.25, 0.3) is 0 Å². The van der Waals surface area contributed by atoms with Gasteiger partial charge in [0.15, 0.2) is 0 Å². The summed E-state index contributed by atoms with van der Waals surface area (Å²) < 4.78 is 79.0. The van der Waals surface area contributed by atoms with E-state index >= 15 is 0 Å². The summed E-state index contributed by atoms with van der Waals surface area (Å²) in [5.74, 6) is -0.806. The van der Waals surface area contributed by atoms with Gasteiger partial charge >= 0.3 is 12.4 Å². The smallest absolute Gasteiger partial charge is 0.338 e. The molecule has 2 heterocycles. The number of pyridine rings is 2. The molecule has 1 amide bonds. The van der Waals surface area contributed by atoms with E-state index in [1.54, 1.807) is 6.07 Å². The third-order valence-electron chi connectivity index (χ3n) is 4.16. The molecular weight excluding hydrogens is 412 g/mol. The van der Waals surface area contributed by atoms with Crippen LogP contribution in [-0.2, 0) is 12.4 Å². The molecule has 4 nitrogen and oxygen atoms in total. The van der Waals surface area contributed by atoms with Crippen molar-refractivity contribution in [1.29, 1.82) is 0 Å². The first-order chi connectivity index (χ1) is 14.1. The molecule has 1 N–H and O–H groups in total. The van der Waals surface area contributed by atoms with Gasteiger partial charge in [-0.2, -0.15) is 26.3 Å². The molecular formula is C20H13F6N3O. The molecule has 0 bridgehead atoms. The van der Waals surface area contributed by atoms with E-state index in [9.17, 15) is 31.1 Å². The largest absolute Gasteiger partial charge is 0.418 e. The zero-order valence-corrected chi connectivity index (χ0v) is 15.0. The van der Waals surface area contributed by atoms with Gasteiger partial charge in [-0.3, -0.25) is 14.8 Å². The molecule has 0 aliphatic rings. The van der Waals surface area contributed by atoms with Crippen LogP contribution >= 0.6 is 0 Å². The van der Waals surface area contributed by atoms with Crippen molar-refractivity contribution in [1.82, 2.24) is 15.3 Å². The average molecular weight is 425 g/mol. The van der Waals surface area contributed by atoms with Crippen LogP contribution in [0.4, 0.5) is 26.3 Å². The second kappa shape index (κ2) is 8.13. The Kier molecular flexibility index (Phi) is 5.77. The van der Waals surface area contributed by atoms with E-state index in [0.29, 0.717) is 0 Å². The van der Waals surface area contributed by atoms with Crippen LogP contribution in [0.2, 0.25) is 0 Å². The molecule has 0 radical (unpaired) electrons. The van der Waals surface area contributed by atoms with Gasteiger partial charge in [0.2, 0.25) is 0 Å². The first-order valence-corrected chi connectivity index (χ1v) is 8.48. The van der Waals surface area contributed by atoms with Gasteiger partial charge in [0, 0.05) is 12.4 Å². The zero-order valence-electron chi connectivity index (χ0n) is 15.0. The summed E-state index contributed by atoms with van der Waals surface area (Å²) in [5, 5.41) is 2.39. The van der Waals surface area contributed by atoms with Crippen molar-refractivity contribution in [2.24, 2.45) is 0 Å². The Morgan fingerprint density at radius 1 is 0.800 bits per heavy atom. The van der Waals surface area contributed by atoms with Crippen molar-refractivity contribution < 1.29 is 31.1 Å². The number of nitrogens with zero attached hydrogens (tertiary/aromatic N) is 2. The maximum absolute atomic E-state index is 13.5. The zero-order chi connectivity index (χ0) is 21.9. The van der Waals surface area contributed by atoms with E-state index < -0.39 is 41.1 Å². The molecule has 0 fully saturated rings. The lowest BCUT2D eigenvalue weighted by molar-refractivity contribution is -0.139. The SMILES string of the molecule is O=C(N[C@@H](c1ccc(C(F)(F)F)cc1)c1ncccc1C(F)(F)F)c1ccccn1. The van der Waals surface area contributed by atoms with Gasteiger partial charge in [-0.25, -0.2) is 0 Å². The van der Waals surface area contributed by atoms with Crippen molar-refractivity contribution in [3.8, 4) is 0 Å². The minimum absolute atomic E-state index is 0.00326. The Hall–Kier alpha value is -3.43. The lowest BCUT2D eigenvalue weighted by atomic mass is 9.97. The van der Waals surface area contributed by atoms with Crippen LogP contribution in [0.1, 0.15) is 38.9 Å². The summed E-state index contributed by atoms with van der Waals surface area (Å²) in [6.45, 7) is 0. The van der Waals surface area contributed by atoms with Crippen molar-refractivity contribution >= 4 is 5.91 Å². The minimum atomic E-state index is -4.79. The number of nitrogens with one attached hydrogen (secondary N) is 1. The molecule has 0 saturated heterocycles. The molecule has 10 heteroatoms. The van der Waals surface area contributed by atoms with Crippen LogP contribution in [0.15, 0.2) is 67.0 Å². The number of carbonyl (C=O) groups is 1. The standard InChI is InChI=1S/C20H13F6N3O/c21-19(22,23)13-8-6-12(7-9-13)16(29-18(30)15-5-1-2-10-27-15)17-14(20(24,25)26)4-3-11-28-17/h1-11,16H,(H,29,30)/t16-/m0/s1. The molecule has 0 spiro atoms. The second-order valence-electron chi connectivity index (χ2n) is 6.18. The summed E-state index contributed by atoms with van der Waals surface area (Å²) in [7, 11) is 0. The third kappa shape index (κ3) is 4.76. The first kappa shape index (κ1) is 21.3. The van der Waals surface area contributed by atoms with Crippen LogP contribution in [-0.4, -0.2) is 15.9 Å². The Bertz CT molecular complexity index is 1020. The molecule has 0 unspecified atom stereocenters. The molecule has 1 aromatic carbocycles. The molecule has 0 aliphatic carbocycles. The number of hydrogen-bond acceptors (Lipinski definition) is 3. The number of aromatic nitrogens is 2. The van der Waals surface area contributed by atoms with Gasteiger partial charge in [-0.15, -0.1) is 0 Å². The maximum Gasteiger partial charge on any atom is 0.418 e. The molecule has 0 aliphatic heterocycles. The Labute approximate surface area is 166 Å². The number of halogens is 6. The quantitative estimate of drug-likeness (QED) is 0.597. The van der Waals surface area contributed by atoms with E-state index in [4.69, 9.17) is 0 Å². The van der Waals surface area contributed by atoms with E-state index in [1.807, 2.05) is 0 Å². The predicted octanol–water partition coefficient (Wildman–Crippen LogP) is 5.03. The van der Waals surface area contributed by atoms with E-state index in [1.165, 1.54) is 18.3 Å². The maximum atomic E-state index is 13.5. The van der Waals surface area contributed by atoms with Crippen LogP contribution in [0, 0.1) is 0 Å². The van der Waals surface area contributed by atoms with Crippen molar-refractivity contribution in [3.05, 3.63) is 95.1 Å². The van der Waals surface area contributed by atoms with E-state index in [0.717, 1.165) is 42.6 Å². The Morgan fingerprint density at radius 3 is 2.03 bits per heavy atom. The van der Waals surface area contributed by atoms with Gasteiger partial charge in [0.05, 0.1) is 22.9 Å². The molecule has 156 valence electrons. The number of alkyl halides is 6. The number of benzene rings is 1. The average Bonchev–Trinajstić information content (AvgIpc) is 2.71. The number of amides is 1. The summed E-state index contributed by atoms with van der Waals surface area (Å²) in [6, 6.07) is 8.27.